The molecule has 1 aliphatic rings. The molecule has 0 aromatic rings. The van der Waals surface area contributed by atoms with E-state index in [-0.39, 0.29) is 0 Å². The van der Waals surface area contributed by atoms with Gasteiger partial charge in [0.15, 0.2) is 0 Å². The van der Waals surface area contributed by atoms with Crippen molar-refractivity contribution in [2.45, 2.75) is 50.3 Å². The third kappa shape index (κ3) is 4.05. The number of allylic oxidation sites excluding steroid dienone is 1. The fraction of sp³-hybridized carbons (Fsp3) is 0.833. The molecule has 82 valence electrons. The first-order valence-corrected chi connectivity index (χ1v) is 6.89. The molecule has 1 saturated carbocycles. The van der Waals surface area contributed by atoms with Gasteiger partial charge in [-0.2, -0.15) is 11.8 Å². The first-order valence-electron chi connectivity index (χ1n) is 5.84. The van der Waals surface area contributed by atoms with E-state index in [9.17, 15) is 0 Å². The molecule has 1 rings (SSSR count). The summed E-state index contributed by atoms with van der Waals surface area (Å²) in [6.45, 7) is 7.17. The highest BCUT2D eigenvalue weighted by molar-refractivity contribution is 7.99. The Morgan fingerprint density at radius 1 is 1.50 bits per heavy atom. The second kappa shape index (κ2) is 7.36. The van der Waals surface area contributed by atoms with Crippen LogP contribution in [-0.2, 0) is 0 Å². The van der Waals surface area contributed by atoms with Gasteiger partial charge >= 0.3 is 0 Å². The quantitative estimate of drug-likeness (QED) is 0.515. The van der Waals surface area contributed by atoms with E-state index in [1.165, 1.54) is 31.4 Å². The Bertz CT molecular complexity index is 158. The van der Waals surface area contributed by atoms with Crippen LogP contribution in [0.1, 0.15) is 39.0 Å². The fourth-order valence-electron chi connectivity index (χ4n) is 2.11. The zero-order valence-corrected chi connectivity index (χ0v) is 10.1. The van der Waals surface area contributed by atoms with Gasteiger partial charge in [0.1, 0.15) is 0 Å². The summed E-state index contributed by atoms with van der Waals surface area (Å²) in [7, 11) is 0. The Kier molecular flexibility index (Phi) is 6.37. The van der Waals surface area contributed by atoms with Gasteiger partial charge in [-0.15, -0.1) is 6.58 Å². The van der Waals surface area contributed by atoms with E-state index in [0.29, 0.717) is 0 Å². The predicted molar refractivity (Wildman–Crippen MR) is 67.0 cm³/mol. The van der Waals surface area contributed by atoms with Crippen LogP contribution in [0.5, 0.6) is 0 Å². The molecule has 2 atom stereocenters. The molecule has 0 radical (unpaired) electrons. The molecular weight excluding hydrogens is 190 g/mol. The van der Waals surface area contributed by atoms with Crippen molar-refractivity contribution in [2.24, 2.45) is 0 Å². The monoisotopic (exact) mass is 213 g/mol. The largest absolute Gasteiger partial charge is 0.313 e. The fourth-order valence-corrected chi connectivity index (χ4v) is 3.33. The minimum atomic E-state index is 0.782. The van der Waals surface area contributed by atoms with Crippen LogP contribution >= 0.6 is 11.8 Å². The van der Waals surface area contributed by atoms with Crippen LogP contribution in [0.15, 0.2) is 12.7 Å². The second-order valence-electron chi connectivity index (χ2n) is 3.92. The first kappa shape index (κ1) is 12.1. The summed E-state index contributed by atoms with van der Waals surface area (Å²) in [5, 5.41) is 4.56. The highest BCUT2D eigenvalue weighted by atomic mass is 32.2. The van der Waals surface area contributed by atoms with Gasteiger partial charge in [0.2, 0.25) is 0 Å². The van der Waals surface area contributed by atoms with Gasteiger partial charge in [-0.1, -0.05) is 19.4 Å². The molecule has 1 nitrogen and oxygen atoms in total. The second-order valence-corrected chi connectivity index (χ2v) is 5.43. The first-order chi connectivity index (χ1) is 6.88. The average molecular weight is 213 g/mol. The number of rotatable bonds is 7. The lowest BCUT2D eigenvalue weighted by Crippen LogP contribution is -2.34. The predicted octanol–water partition coefficient (Wildman–Crippen LogP) is 3.22. The summed E-state index contributed by atoms with van der Waals surface area (Å²) in [5.41, 5.74) is 0. The van der Waals surface area contributed by atoms with E-state index in [0.717, 1.165) is 24.3 Å². The SMILES string of the molecule is C=CCCCNC1CCCC1SCC. The molecule has 0 saturated heterocycles. The van der Waals surface area contributed by atoms with Crippen molar-refractivity contribution in [2.75, 3.05) is 12.3 Å². The van der Waals surface area contributed by atoms with E-state index in [2.05, 4.69) is 30.6 Å². The summed E-state index contributed by atoms with van der Waals surface area (Å²) in [6, 6.07) is 0.782. The number of hydrogen-bond donors (Lipinski definition) is 1. The zero-order chi connectivity index (χ0) is 10.2. The van der Waals surface area contributed by atoms with Crippen molar-refractivity contribution in [1.82, 2.24) is 5.32 Å². The van der Waals surface area contributed by atoms with Crippen LogP contribution in [-0.4, -0.2) is 23.6 Å². The summed E-state index contributed by atoms with van der Waals surface area (Å²) in [5.74, 6) is 1.26. The van der Waals surface area contributed by atoms with Crippen molar-refractivity contribution in [3.63, 3.8) is 0 Å². The molecule has 0 aliphatic heterocycles. The van der Waals surface area contributed by atoms with E-state index >= 15 is 0 Å². The molecule has 0 aromatic carbocycles. The Hall–Kier alpha value is 0.0500. The van der Waals surface area contributed by atoms with Crippen molar-refractivity contribution in [1.29, 1.82) is 0 Å². The lowest BCUT2D eigenvalue weighted by Gasteiger charge is -2.19. The van der Waals surface area contributed by atoms with Gasteiger partial charge in [0.25, 0.3) is 0 Å². The van der Waals surface area contributed by atoms with Gasteiger partial charge in [0.05, 0.1) is 0 Å². The molecule has 0 bridgehead atoms. The van der Waals surface area contributed by atoms with Crippen LogP contribution in [0.25, 0.3) is 0 Å². The molecule has 0 spiro atoms. The maximum atomic E-state index is 3.74. The lowest BCUT2D eigenvalue weighted by molar-refractivity contribution is 0.524. The molecular formula is C12H23NS. The zero-order valence-electron chi connectivity index (χ0n) is 9.30. The molecule has 1 fully saturated rings. The third-order valence-corrected chi connectivity index (χ3v) is 4.15. The molecule has 1 N–H and O–H groups in total. The van der Waals surface area contributed by atoms with Gasteiger partial charge < -0.3 is 5.32 Å². The topological polar surface area (TPSA) is 12.0 Å². The Morgan fingerprint density at radius 3 is 3.07 bits per heavy atom. The van der Waals surface area contributed by atoms with Crippen molar-refractivity contribution in [3.05, 3.63) is 12.7 Å². The van der Waals surface area contributed by atoms with Gasteiger partial charge in [-0.05, 0) is 38.0 Å². The Labute approximate surface area is 92.7 Å². The highest BCUT2D eigenvalue weighted by Gasteiger charge is 2.25. The number of hydrogen-bond acceptors (Lipinski definition) is 2. The normalized spacial score (nSPS) is 26.6. The highest BCUT2D eigenvalue weighted by Crippen LogP contribution is 2.29. The molecule has 0 amide bonds. The van der Waals surface area contributed by atoms with E-state index in [4.69, 9.17) is 0 Å². The van der Waals surface area contributed by atoms with Crippen molar-refractivity contribution in [3.8, 4) is 0 Å². The van der Waals surface area contributed by atoms with Crippen molar-refractivity contribution >= 4 is 11.8 Å². The van der Waals surface area contributed by atoms with E-state index in [1.54, 1.807) is 0 Å². The third-order valence-electron chi connectivity index (χ3n) is 2.82. The summed E-state index contributed by atoms with van der Waals surface area (Å²) in [4.78, 5) is 0. The molecule has 14 heavy (non-hydrogen) atoms. The van der Waals surface area contributed by atoms with Gasteiger partial charge in [-0.25, -0.2) is 0 Å². The standard InChI is InChI=1S/C12H23NS/c1-3-5-6-10-13-11-8-7-9-12(11)14-4-2/h3,11-13H,1,4-10H2,2H3. The lowest BCUT2D eigenvalue weighted by atomic mass is 10.2. The summed E-state index contributed by atoms with van der Waals surface area (Å²) in [6.07, 6.45) is 8.60. The molecule has 2 heteroatoms. The maximum absolute atomic E-state index is 3.74. The van der Waals surface area contributed by atoms with Crippen LogP contribution < -0.4 is 5.32 Å². The summed E-state index contributed by atoms with van der Waals surface area (Å²) >= 11 is 2.13. The molecule has 1 aliphatic carbocycles. The van der Waals surface area contributed by atoms with E-state index < -0.39 is 0 Å². The average Bonchev–Trinajstić information content (AvgIpc) is 2.61. The van der Waals surface area contributed by atoms with Crippen LogP contribution in [0.4, 0.5) is 0 Å². The van der Waals surface area contributed by atoms with Crippen LogP contribution in [0, 0.1) is 0 Å². The smallest absolute Gasteiger partial charge is 0.0201 e. The van der Waals surface area contributed by atoms with E-state index in [1.807, 2.05) is 6.08 Å². The summed E-state index contributed by atoms with van der Waals surface area (Å²) < 4.78 is 0. The molecule has 0 heterocycles. The minimum absolute atomic E-state index is 0.782. The molecule has 2 unspecified atom stereocenters. The Balaban J connectivity index is 2.12. The number of thioether (sulfide) groups is 1. The number of unbranched alkanes of at least 4 members (excludes halogenated alkanes) is 1. The Morgan fingerprint density at radius 2 is 2.36 bits per heavy atom. The van der Waals surface area contributed by atoms with Crippen LogP contribution in [0.2, 0.25) is 0 Å². The van der Waals surface area contributed by atoms with Crippen LogP contribution in [0.3, 0.4) is 0 Å². The number of nitrogens with one attached hydrogen (secondary N) is 1. The van der Waals surface area contributed by atoms with Gasteiger partial charge in [-0.3, -0.25) is 0 Å². The van der Waals surface area contributed by atoms with Gasteiger partial charge in [0, 0.05) is 11.3 Å². The minimum Gasteiger partial charge on any atom is -0.313 e. The maximum Gasteiger partial charge on any atom is 0.0201 e. The van der Waals surface area contributed by atoms with Crippen molar-refractivity contribution < 1.29 is 0 Å². The molecule has 0 aromatic heterocycles.